The van der Waals surface area contributed by atoms with Crippen LogP contribution < -0.4 is 0 Å². The molecule has 5 heterocycles. The molecule has 0 aromatic carbocycles. The van der Waals surface area contributed by atoms with E-state index in [4.69, 9.17) is 0 Å². The Labute approximate surface area is 170 Å². The third kappa shape index (κ3) is 3.25. The first-order valence-electron chi connectivity index (χ1n) is 9.24. The van der Waals surface area contributed by atoms with Gasteiger partial charge in [-0.25, -0.2) is 4.98 Å². The van der Waals surface area contributed by atoms with Crippen LogP contribution in [-0.4, -0.2) is 75.3 Å². The maximum absolute atomic E-state index is 12.9. The van der Waals surface area contributed by atoms with Gasteiger partial charge in [0.2, 0.25) is 5.91 Å². The van der Waals surface area contributed by atoms with Gasteiger partial charge in [-0.2, -0.15) is 11.8 Å². The van der Waals surface area contributed by atoms with Crippen LogP contribution in [0.1, 0.15) is 16.8 Å². The van der Waals surface area contributed by atoms with Crippen LogP contribution in [-0.2, 0) is 4.79 Å². The maximum Gasteiger partial charge on any atom is 0.255 e. The van der Waals surface area contributed by atoms with Gasteiger partial charge in [-0.15, -0.1) is 23.1 Å². The van der Waals surface area contributed by atoms with Crippen LogP contribution in [0.5, 0.6) is 0 Å². The molecule has 0 bridgehead atoms. The number of fused-ring (bicyclic) bond motifs is 1. The Morgan fingerprint density at radius 2 is 2.04 bits per heavy atom. The van der Waals surface area contributed by atoms with Crippen molar-refractivity contribution in [1.82, 2.24) is 14.8 Å². The summed E-state index contributed by atoms with van der Waals surface area (Å²) in [7, 11) is 0. The zero-order chi connectivity index (χ0) is 18.4. The van der Waals surface area contributed by atoms with E-state index in [2.05, 4.69) is 4.98 Å². The number of carbonyl (C=O) groups is 2. The number of rotatable bonds is 2. The van der Waals surface area contributed by atoms with Gasteiger partial charge < -0.3 is 9.80 Å². The quantitative estimate of drug-likeness (QED) is 0.749. The average Bonchev–Trinajstić information content (AvgIpc) is 3.33. The van der Waals surface area contributed by atoms with E-state index in [9.17, 15) is 9.59 Å². The van der Waals surface area contributed by atoms with E-state index in [-0.39, 0.29) is 16.6 Å². The summed E-state index contributed by atoms with van der Waals surface area (Å²) >= 11 is 5.28. The molecule has 1 unspecified atom stereocenters. The molecule has 142 valence electrons. The van der Waals surface area contributed by atoms with E-state index in [1.54, 1.807) is 29.3 Å². The lowest BCUT2D eigenvalue weighted by Crippen LogP contribution is -2.61. The molecule has 5 rings (SSSR count). The first-order chi connectivity index (χ1) is 13.1. The molecule has 2 aromatic heterocycles. The summed E-state index contributed by atoms with van der Waals surface area (Å²) in [6.07, 6.45) is 2.68. The van der Waals surface area contributed by atoms with E-state index in [0.29, 0.717) is 11.5 Å². The normalized spacial score (nSPS) is 24.4. The summed E-state index contributed by atoms with van der Waals surface area (Å²) in [4.78, 5) is 34.9. The van der Waals surface area contributed by atoms with Crippen molar-refractivity contribution in [2.45, 2.75) is 11.7 Å². The predicted octanol–water partition coefficient (Wildman–Crippen LogP) is 2.82. The first-order valence-corrected chi connectivity index (χ1v) is 12.3. The van der Waals surface area contributed by atoms with Crippen molar-refractivity contribution < 1.29 is 9.59 Å². The minimum Gasteiger partial charge on any atom is -0.340 e. The van der Waals surface area contributed by atoms with Crippen molar-refractivity contribution in [3.8, 4) is 0 Å². The molecule has 2 amide bonds. The second-order valence-electron chi connectivity index (χ2n) is 7.64. The molecule has 0 aliphatic carbocycles. The van der Waals surface area contributed by atoms with Crippen molar-refractivity contribution in [3.63, 3.8) is 0 Å². The SMILES string of the molecule is O=C(c1cnc2sccc2c1)N1CCC2(C1)CN(C(=O)C1CSCCS1)C2. The Morgan fingerprint density at radius 1 is 1.19 bits per heavy atom. The first kappa shape index (κ1) is 17.8. The van der Waals surface area contributed by atoms with E-state index in [1.807, 2.05) is 39.1 Å². The Morgan fingerprint density at radius 3 is 2.85 bits per heavy atom. The smallest absolute Gasteiger partial charge is 0.255 e. The van der Waals surface area contributed by atoms with Crippen LogP contribution in [0, 0.1) is 5.41 Å². The lowest BCUT2D eigenvalue weighted by Gasteiger charge is -2.49. The number of pyridine rings is 1. The van der Waals surface area contributed by atoms with Gasteiger partial charge in [0.15, 0.2) is 0 Å². The van der Waals surface area contributed by atoms with Crippen molar-refractivity contribution in [2.75, 3.05) is 43.4 Å². The van der Waals surface area contributed by atoms with E-state index < -0.39 is 0 Å². The van der Waals surface area contributed by atoms with Gasteiger partial charge >= 0.3 is 0 Å². The van der Waals surface area contributed by atoms with E-state index in [0.717, 1.165) is 60.1 Å². The molecular formula is C19H21N3O2S3. The predicted molar refractivity (Wildman–Crippen MR) is 113 cm³/mol. The monoisotopic (exact) mass is 419 g/mol. The zero-order valence-corrected chi connectivity index (χ0v) is 17.4. The molecule has 5 nitrogen and oxygen atoms in total. The summed E-state index contributed by atoms with van der Waals surface area (Å²) < 4.78 is 0. The minimum atomic E-state index is 0.0662. The fourth-order valence-electron chi connectivity index (χ4n) is 4.28. The van der Waals surface area contributed by atoms with E-state index in [1.165, 1.54) is 0 Å². The van der Waals surface area contributed by atoms with Crippen LogP contribution in [0.4, 0.5) is 0 Å². The average molecular weight is 420 g/mol. The summed E-state index contributed by atoms with van der Waals surface area (Å²) in [5, 5.41) is 3.16. The summed E-state index contributed by atoms with van der Waals surface area (Å²) in [5.74, 6) is 3.54. The van der Waals surface area contributed by atoms with Gasteiger partial charge in [-0.1, -0.05) is 0 Å². The second-order valence-corrected chi connectivity index (χ2v) is 11.0. The van der Waals surface area contributed by atoms with Crippen LogP contribution in [0.3, 0.4) is 0 Å². The Kier molecular flexibility index (Phi) is 4.60. The van der Waals surface area contributed by atoms with Crippen LogP contribution in [0.2, 0.25) is 0 Å². The number of nitrogens with zero attached hydrogens (tertiary/aromatic N) is 3. The highest BCUT2D eigenvalue weighted by Gasteiger charge is 2.51. The van der Waals surface area contributed by atoms with Gasteiger partial charge in [0, 0.05) is 60.4 Å². The highest BCUT2D eigenvalue weighted by atomic mass is 32.2. The van der Waals surface area contributed by atoms with Gasteiger partial charge in [0.25, 0.3) is 5.91 Å². The van der Waals surface area contributed by atoms with E-state index >= 15 is 0 Å². The molecule has 3 aliphatic heterocycles. The fraction of sp³-hybridized carbons (Fsp3) is 0.526. The van der Waals surface area contributed by atoms with Crippen LogP contribution >= 0.6 is 34.9 Å². The molecule has 8 heteroatoms. The number of likely N-dealkylation sites (tertiary alicyclic amines) is 2. The molecule has 1 atom stereocenters. The lowest BCUT2D eigenvalue weighted by molar-refractivity contribution is -0.141. The highest BCUT2D eigenvalue weighted by molar-refractivity contribution is 8.07. The second kappa shape index (κ2) is 6.97. The van der Waals surface area contributed by atoms with Crippen LogP contribution in [0.15, 0.2) is 23.7 Å². The molecule has 1 spiro atoms. The van der Waals surface area contributed by atoms with Crippen molar-refractivity contribution in [1.29, 1.82) is 0 Å². The highest BCUT2D eigenvalue weighted by Crippen LogP contribution is 2.41. The molecule has 3 fully saturated rings. The minimum absolute atomic E-state index is 0.0662. The Balaban J connectivity index is 1.21. The largest absolute Gasteiger partial charge is 0.340 e. The molecule has 0 saturated carbocycles. The van der Waals surface area contributed by atoms with Crippen LogP contribution in [0.25, 0.3) is 10.2 Å². The maximum atomic E-state index is 12.9. The fourth-order valence-corrected chi connectivity index (χ4v) is 7.63. The van der Waals surface area contributed by atoms with Gasteiger partial charge in [-0.05, 0) is 23.9 Å². The lowest BCUT2D eigenvalue weighted by atomic mass is 9.79. The molecule has 0 N–H and O–H groups in total. The Hall–Kier alpha value is -1.25. The number of thioether (sulfide) groups is 2. The number of hydrogen-bond donors (Lipinski definition) is 0. The number of aromatic nitrogens is 1. The van der Waals surface area contributed by atoms with Gasteiger partial charge in [0.1, 0.15) is 4.83 Å². The third-order valence-corrected chi connectivity index (χ3v) is 9.31. The Bertz CT molecular complexity index is 887. The number of amides is 2. The number of hydrogen-bond acceptors (Lipinski definition) is 6. The molecule has 0 radical (unpaired) electrons. The third-order valence-electron chi connectivity index (χ3n) is 5.73. The molecule has 3 aliphatic rings. The van der Waals surface area contributed by atoms with Gasteiger partial charge in [0.05, 0.1) is 10.8 Å². The summed E-state index contributed by atoms with van der Waals surface area (Å²) in [6, 6.07) is 3.95. The summed E-state index contributed by atoms with van der Waals surface area (Å²) in [5.41, 5.74) is 0.776. The topological polar surface area (TPSA) is 53.5 Å². The molecule has 2 aromatic rings. The molecule has 3 saturated heterocycles. The van der Waals surface area contributed by atoms with Crippen molar-refractivity contribution >= 4 is 56.9 Å². The number of thiophene rings is 1. The van der Waals surface area contributed by atoms with Gasteiger partial charge in [-0.3, -0.25) is 9.59 Å². The van der Waals surface area contributed by atoms with Crippen molar-refractivity contribution in [2.24, 2.45) is 5.41 Å². The van der Waals surface area contributed by atoms with Crippen molar-refractivity contribution in [3.05, 3.63) is 29.3 Å². The zero-order valence-electron chi connectivity index (χ0n) is 14.9. The molecule has 27 heavy (non-hydrogen) atoms. The standard InChI is InChI=1S/C19H21N3O2S3/c23-17(14-7-13-1-4-27-16(13)20-8-14)21-3-2-19(10-21)11-22(12-19)18(24)15-9-25-5-6-26-15/h1,4,7-8,15H,2-3,5-6,9-12H2. The molecular weight excluding hydrogens is 398 g/mol. The number of carbonyl (C=O) groups excluding carboxylic acids is 2. The summed E-state index contributed by atoms with van der Waals surface area (Å²) in [6.45, 7) is 3.14.